The molecule has 0 aliphatic heterocycles. The van der Waals surface area contributed by atoms with Crippen LogP contribution in [0.15, 0.2) is 18.2 Å². The van der Waals surface area contributed by atoms with Crippen LogP contribution < -0.4 is 15.2 Å². The van der Waals surface area contributed by atoms with E-state index in [4.69, 9.17) is 15.2 Å². The van der Waals surface area contributed by atoms with Crippen LogP contribution in [0, 0.1) is 0 Å². The van der Waals surface area contributed by atoms with Gasteiger partial charge in [0, 0.05) is 17.7 Å². The van der Waals surface area contributed by atoms with E-state index in [1.807, 2.05) is 18.2 Å². The molecular formula is C16H27NO2. The first kappa shape index (κ1) is 15.8. The van der Waals surface area contributed by atoms with Crippen LogP contribution in [0.4, 0.5) is 0 Å². The van der Waals surface area contributed by atoms with Crippen LogP contribution in [0.3, 0.4) is 0 Å². The monoisotopic (exact) mass is 265 g/mol. The Morgan fingerprint density at radius 1 is 1.00 bits per heavy atom. The van der Waals surface area contributed by atoms with Crippen molar-refractivity contribution in [2.45, 2.75) is 52.5 Å². The first-order valence-electron chi connectivity index (χ1n) is 7.38. The molecule has 3 heteroatoms. The van der Waals surface area contributed by atoms with Gasteiger partial charge in [0.25, 0.3) is 0 Å². The summed E-state index contributed by atoms with van der Waals surface area (Å²) >= 11 is 0. The zero-order valence-electron chi connectivity index (χ0n) is 12.4. The lowest BCUT2D eigenvalue weighted by Crippen LogP contribution is -2.12. The molecule has 0 amide bonds. The second-order valence-electron chi connectivity index (χ2n) is 4.79. The number of nitrogens with two attached hydrogens (primary N) is 1. The molecule has 19 heavy (non-hydrogen) atoms. The van der Waals surface area contributed by atoms with E-state index in [9.17, 15) is 0 Å². The summed E-state index contributed by atoms with van der Waals surface area (Å²) in [5, 5.41) is 0. The fraction of sp³-hybridized carbons (Fsp3) is 0.625. The minimum absolute atomic E-state index is 0.0390. The molecule has 1 unspecified atom stereocenters. The van der Waals surface area contributed by atoms with Crippen molar-refractivity contribution in [3.63, 3.8) is 0 Å². The van der Waals surface area contributed by atoms with E-state index in [1.54, 1.807) is 0 Å². The summed E-state index contributed by atoms with van der Waals surface area (Å²) in [6.45, 7) is 7.78. The first-order chi connectivity index (χ1) is 9.22. The molecule has 1 aromatic carbocycles. The molecule has 0 radical (unpaired) electrons. The van der Waals surface area contributed by atoms with Gasteiger partial charge in [0.05, 0.1) is 13.2 Å². The van der Waals surface area contributed by atoms with E-state index in [0.29, 0.717) is 6.61 Å². The normalized spacial score (nSPS) is 12.2. The third-order valence-corrected chi connectivity index (χ3v) is 2.92. The Balaban J connectivity index is 2.88. The molecule has 1 aromatic rings. The average Bonchev–Trinajstić information content (AvgIpc) is 2.43. The third-order valence-electron chi connectivity index (χ3n) is 2.92. The quantitative estimate of drug-likeness (QED) is 0.732. The molecule has 0 aliphatic rings. The summed E-state index contributed by atoms with van der Waals surface area (Å²) in [5.41, 5.74) is 7.29. The van der Waals surface area contributed by atoms with Crippen LogP contribution in [0.25, 0.3) is 0 Å². The number of benzene rings is 1. The average molecular weight is 265 g/mol. The lowest BCUT2D eigenvalue weighted by Gasteiger charge is -2.17. The molecule has 0 aromatic heterocycles. The summed E-state index contributed by atoms with van der Waals surface area (Å²) in [4.78, 5) is 0. The van der Waals surface area contributed by atoms with Crippen LogP contribution in [-0.4, -0.2) is 13.2 Å². The zero-order valence-corrected chi connectivity index (χ0v) is 12.4. The van der Waals surface area contributed by atoms with Crippen molar-refractivity contribution in [2.24, 2.45) is 5.73 Å². The van der Waals surface area contributed by atoms with Crippen molar-refractivity contribution in [2.75, 3.05) is 13.2 Å². The topological polar surface area (TPSA) is 44.5 Å². The molecule has 0 heterocycles. The second-order valence-corrected chi connectivity index (χ2v) is 4.79. The molecule has 0 fully saturated rings. The molecule has 0 saturated heterocycles. The Hall–Kier alpha value is -1.22. The van der Waals surface area contributed by atoms with Crippen LogP contribution in [0.2, 0.25) is 0 Å². The molecule has 108 valence electrons. The maximum absolute atomic E-state index is 6.21. The molecule has 0 aliphatic carbocycles. The van der Waals surface area contributed by atoms with Gasteiger partial charge in [-0.2, -0.15) is 0 Å². The van der Waals surface area contributed by atoms with Crippen molar-refractivity contribution in [3.05, 3.63) is 23.8 Å². The highest BCUT2D eigenvalue weighted by Crippen LogP contribution is 2.31. The minimum atomic E-state index is 0.0390. The van der Waals surface area contributed by atoms with Crippen molar-refractivity contribution in [3.8, 4) is 11.5 Å². The van der Waals surface area contributed by atoms with Gasteiger partial charge in [-0.3, -0.25) is 0 Å². The predicted octanol–water partition coefficient (Wildman–Crippen LogP) is 4.06. The molecule has 0 saturated carbocycles. The standard InChI is InChI=1S/C16H27NO2/c1-4-7-15(17)14-9-8-13(18-10-5-2)12-16(14)19-11-6-3/h8-9,12,15H,4-7,10-11,17H2,1-3H3. The van der Waals surface area contributed by atoms with Crippen LogP contribution in [-0.2, 0) is 0 Å². The van der Waals surface area contributed by atoms with E-state index in [2.05, 4.69) is 20.8 Å². The summed E-state index contributed by atoms with van der Waals surface area (Å²) in [6, 6.07) is 6.03. The van der Waals surface area contributed by atoms with Gasteiger partial charge in [0.2, 0.25) is 0 Å². The Morgan fingerprint density at radius 3 is 2.32 bits per heavy atom. The lowest BCUT2D eigenvalue weighted by atomic mass is 10.0. The van der Waals surface area contributed by atoms with Gasteiger partial charge in [0.15, 0.2) is 0 Å². The second kappa shape index (κ2) is 8.81. The zero-order chi connectivity index (χ0) is 14.1. The Labute approximate surface area is 117 Å². The largest absolute Gasteiger partial charge is 0.493 e. The van der Waals surface area contributed by atoms with E-state index in [-0.39, 0.29) is 6.04 Å². The Bertz CT molecular complexity index is 366. The van der Waals surface area contributed by atoms with Gasteiger partial charge in [-0.15, -0.1) is 0 Å². The third kappa shape index (κ3) is 5.11. The summed E-state index contributed by atoms with van der Waals surface area (Å²) in [6.07, 6.45) is 4.03. The molecular weight excluding hydrogens is 238 g/mol. The van der Waals surface area contributed by atoms with Crippen molar-refractivity contribution >= 4 is 0 Å². The van der Waals surface area contributed by atoms with Gasteiger partial charge in [-0.1, -0.05) is 33.3 Å². The minimum Gasteiger partial charge on any atom is -0.493 e. The lowest BCUT2D eigenvalue weighted by molar-refractivity contribution is 0.298. The van der Waals surface area contributed by atoms with Gasteiger partial charge < -0.3 is 15.2 Å². The van der Waals surface area contributed by atoms with Crippen molar-refractivity contribution in [1.29, 1.82) is 0 Å². The Kier molecular flexibility index (Phi) is 7.34. The molecule has 0 bridgehead atoms. The SMILES string of the molecule is CCCOc1ccc(C(N)CCC)c(OCCC)c1. The van der Waals surface area contributed by atoms with Gasteiger partial charge in [-0.05, 0) is 25.3 Å². The van der Waals surface area contributed by atoms with Crippen LogP contribution >= 0.6 is 0 Å². The number of rotatable bonds is 9. The summed E-state index contributed by atoms with van der Waals surface area (Å²) in [5.74, 6) is 1.73. The molecule has 0 spiro atoms. The number of ether oxygens (including phenoxy) is 2. The maximum Gasteiger partial charge on any atom is 0.127 e. The van der Waals surface area contributed by atoms with E-state index in [0.717, 1.165) is 49.4 Å². The maximum atomic E-state index is 6.21. The van der Waals surface area contributed by atoms with Gasteiger partial charge in [0.1, 0.15) is 11.5 Å². The number of hydrogen-bond acceptors (Lipinski definition) is 3. The van der Waals surface area contributed by atoms with E-state index in [1.165, 1.54) is 0 Å². The van der Waals surface area contributed by atoms with Crippen LogP contribution in [0.1, 0.15) is 58.1 Å². The molecule has 1 rings (SSSR count). The van der Waals surface area contributed by atoms with Gasteiger partial charge in [-0.25, -0.2) is 0 Å². The van der Waals surface area contributed by atoms with E-state index >= 15 is 0 Å². The molecule has 1 atom stereocenters. The highest BCUT2D eigenvalue weighted by Gasteiger charge is 2.12. The number of hydrogen-bond donors (Lipinski definition) is 1. The molecule has 2 N–H and O–H groups in total. The predicted molar refractivity (Wildman–Crippen MR) is 79.9 cm³/mol. The highest BCUT2D eigenvalue weighted by atomic mass is 16.5. The fourth-order valence-electron chi connectivity index (χ4n) is 1.93. The van der Waals surface area contributed by atoms with E-state index < -0.39 is 0 Å². The van der Waals surface area contributed by atoms with Crippen molar-refractivity contribution in [1.82, 2.24) is 0 Å². The summed E-state index contributed by atoms with van der Waals surface area (Å²) in [7, 11) is 0. The Morgan fingerprint density at radius 2 is 1.68 bits per heavy atom. The summed E-state index contributed by atoms with van der Waals surface area (Å²) < 4.78 is 11.5. The first-order valence-corrected chi connectivity index (χ1v) is 7.38. The van der Waals surface area contributed by atoms with Crippen LogP contribution in [0.5, 0.6) is 11.5 Å². The fourth-order valence-corrected chi connectivity index (χ4v) is 1.93. The molecule has 3 nitrogen and oxygen atoms in total. The highest BCUT2D eigenvalue weighted by molar-refractivity contribution is 5.42. The van der Waals surface area contributed by atoms with Crippen molar-refractivity contribution < 1.29 is 9.47 Å². The smallest absolute Gasteiger partial charge is 0.127 e. The van der Waals surface area contributed by atoms with Gasteiger partial charge >= 0.3 is 0 Å².